The first-order valence-corrected chi connectivity index (χ1v) is 17.6. The molecular weight excluding hydrogens is 653 g/mol. The molecule has 7 aromatic carbocycles. The highest BCUT2D eigenvalue weighted by Crippen LogP contribution is 2.42. The van der Waals surface area contributed by atoms with Crippen molar-refractivity contribution in [3.63, 3.8) is 0 Å². The van der Waals surface area contributed by atoms with Crippen molar-refractivity contribution in [3.05, 3.63) is 170 Å². The Morgan fingerprint density at radius 3 is 1.64 bits per heavy atom. The molecule has 0 spiro atoms. The van der Waals surface area contributed by atoms with Crippen molar-refractivity contribution >= 4 is 54.7 Å². The summed E-state index contributed by atoms with van der Waals surface area (Å²) in [7, 11) is 0. The fraction of sp³-hybridized carbons (Fsp3) is 0. The summed E-state index contributed by atoms with van der Waals surface area (Å²) >= 11 is 0. The average Bonchev–Trinajstić information content (AvgIpc) is 3.91. The summed E-state index contributed by atoms with van der Waals surface area (Å²) in [5, 5.41) is 4.34. The molecule has 0 aliphatic rings. The van der Waals surface area contributed by atoms with Crippen LogP contribution in [0.15, 0.2) is 174 Å². The number of aromatic nitrogens is 6. The Morgan fingerprint density at radius 1 is 0.377 bits per heavy atom. The van der Waals surface area contributed by atoms with Gasteiger partial charge in [0.15, 0.2) is 17.2 Å². The minimum atomic E-state index is 0.501. The van der Waals surface area contributed by atoms with Gasteiger partial charge in [0.2, 0.25) is 5.95 Å². The van der Waals surface area contributed by atoms with Crippen molar-refractivity contribution in [1.29, 1.82) is 0 Å². The van der Waals surface area contributed by atoms with E-state index in [2.05, 4.69) is 118 Å². The first kappa shape index (κ1) is 29.4. The highest BCUT2D eigenvalue weighted by Gasteiger charge is 2.25. The molecule has 0 N–H and O–H groups in total. The second-order valence-electron chi connectivity index (χ2n) is 13.1. The summed E-state index contributed by atoms with van der Waals surface area (Å²) < 4.78 is 10.8. The Morgan fingerprint density at radius 2 is 0.925 bits per heavy atom. The number of nitrogens with zero attached hydrogens (tertiary/aromatic N) is 6. The zero-order valence-corrected chi connectivity index (χ0v) is 28.3. The van der Waals surface area contributed by atoms with E-state index in [9.17, 15) is 0 Å². The molecule has 0 amide bonds. The lowest BCUT2D eigenvalue weighted by molar-refractivity contribution is 0.574. The van der Waals surface area contributed by atoms with Gasteiger partial charge in [0, 0.05) is 32.7 Å². The van der Waals surface area contributed by atoms with Crippen LogP contribution in [-0.2, 0) is 0 Å². The van der Waals surface area contributed by atoms with E-state index in [1.165, 1.54) is 0 Å². The van der Waals surface area contributed by atoms with E-state index in [1.807, 2.05) is 60.7 Å². The van der Waals surface area contributed by atoms with E-state index in [0.717, 1.165) is 77.0 Å². The van der Waals surface area contributed by atoms with Crippen molar-refractivity contribution < 1.29 is 4.42 Å². The van der Waals surface area contributed by atoms with Crippen LogP contribution in [0.3, 0.4) is 0 Å². The highest BCUT2D eigenvalue weighted by molar-refractivity contribution is 6.23. The average molecular weight is 681 g/mol. The van der Waals surface area contributed by atoms with Gasteiger partial charge in [0.1, 0.15) is 5.52 Å². The van der Waals surface area contributed by atoms with Crippen LogP contribution in [0.5, 0.6) is 0 Å². The molecule has 0 radical (unpaired) electrons. The summed E-state index contributed by atoms with van der Waals surface area (Å²) in [6.07, 6.45) is 0. The summed E-state index contributed by atoms with van der Waals surface area (Å²) in [5.41, 5.74) is 9.45. The molecule has 7 nitrogen and oxygen atoms in total. The topological polar surface area (TPSA) is 74.6 Å². The quantitative estimate of drug-likeness (QED) is 0.181. The van der Waals surface area contributed by atoms with Gasteiger partial charge in [0.05, 0.1) is 22.1 Å². The number of hydrogen-bond donors (Lipinski definition) is 0. The maximum absolute atomic E-state index is 6.50. The molecule has 0 unspecified atom stereocenters. The Bertz CT molecular complexity index is 3140. The first-order chi connectivity index (χ1) is 26.3. The smallest absolute Gasteiger partial charge is 0.307 e. The Balaban J connectivity index is 1.26. The lowest BCUT2D eigenvalue weighted by atomic mass is 10.0. The Kier molecular flexibility index (Phi) is 6.42. The van der Waals surface area contributed by atoms with Crippen molar-refractivity contribution in [3.8, 4) is 45.9 Å². The van der Waals surface area contributed by atoms with E-state index in [4.69, 9.17) is 24.4 Å². The summed E-state index contributed by atoms with van der Waals surface area (Å²) in [5.74, 6) is 1.70. The predicted molar refractivity (Wildman–Crippen MR) is 212 cm³/mol. The largest absolute Gasteiger partial charge is 0.423 e. The molecule has 11 aromatic rings. The monoisotopic (exact) mass is 680 g/mol. The van der Waals surface area contributed by atoms with Crippen LogP contribution >= 0.6 is 0 Å². The predicted octanol–water partition coefficient (Wildman–Crippen LogP) is 11.2. The van der Waals surface area contributed by atoms with Crippen molar-refractivity contribution in [2.75, 3.05) is 0 Å². The van der Waals surface area contributed by atoms with Gasteiger partial charge in [-0.3, -0.25) is 9.13 Å². The summed E-state index contributed by atoms with van der Waals surface area (Å²) in [6, 6.07) is 58.5. The van der Waals surface area contributed by atoms with Crippen LogP contribution in [0, 0.1) is 0 Å². The maximum atomic E-state index is 6.50. The van der Waals surface area contributed by atoms with Crippen LogP contribution in [0.2, 0.25) is 0 Å². The fourth-order valence-electron chi connectivity index (χ4n) is 7.64. The fourth-order valence-corrected chi connectivity index (χ4v) is 7.64. The number of para-hydroxylation sites is 4. The van der Waals surface area contributed by atoms with Gasteiger partial charge in [-0.25, -0.2) is 4.98 Å². The third-order valence-electron chi connectivity index (χ3n) is 10.0. The van der Waals surface area contributed by atoms with Crippen LogP contribution < -0.4 is 0 Å². The molecule has 4 aromatic heterocycles. The minimum Gasteiger partial charge on any atom is -0.423 e. The van der Waals surface area contributed by atoms with Gasteiger partial charge in [-0.05, 0) is 41.5 Å². The molecule has 53 heavy (non-hydrogen) atoms. The van der Waals surface area contributed by atoms with Crippen molar-refractivity contribution in [2.45, 2.75) is 0 Å². The molecule has 0 atom stereocenters. The lowest BCUT2D eigenvalue weighted by Gasteiger charge is -2.12. The molecular formula is C46H28N6O. The molecule has 0 fully saturated rings. The van der Waals surface area contributed by atoms with Gasteiger partial charge in [-0.1, -0.05) is 140 Å². The molecule has 7 heteroatoms. The zero-order chi connectivity index (χ0) is 34.9. The molecule has 4 heterocycles. The van der Waals surface area contributed by atoms with Crippen molar-refractivity contribution in [1.82, 2.24) is 29.1 Å². The standard InChI is InChI=1S/C46H28N6O/c1-3-14-29(15-4-1)31-18-13-19-32(28-31)44-48-43(30-16-5-2-6-17-30)49-45(50-44)51-38-23-10-7-20-33(38)35-26-27-36-34-21-8-11-24-39(34)52(42(36)41(35)51)46-47-37-22-9-12-25-40(37)53-46/h1-28H. The van der Waals surface area contributed by atoms with Gasteiger partial charge >= 0.3 is 6.01 Å². The van der Waals surface area contributed by atoms with Gasteiger partial charge in [0.25, 0.3) is 0 Å². The van der Waals surface area contributed by atoms with Gasteiger partial charge in [-0.15, -0.1) is 0 Å². The van der Waals surface area contributed by atoms with Crippen LogP contribution in [0.1, 0.15) is 0 Å². The number of benzene rings is 7. The number of oxazole rings is 1. The first-order valence-electron chi connectivity index (χ1n) is 17.6. The lowest BCUT2D eigenvalue weighted by Crippen LogP contribution is -2.07. The summed E-state index contributed by atoms with van der Waals surface area (Å²) in [6.45, 7) is 0. The highest BCUT2D eigenvalue weighted by atomic mass is 16.4. The number of hydrogen-bond acceptors (Lipinski definition) is 5. The number of rotatable bonds is 5. The third kappa shape index (κ3) is 4.61. The maximum Gasteiger partial charge on any atom is 0.307 e. The SMILES string of the molecule is c1ccc(-c2cccc(-c3nc(-c4ccccc4)nc(-n4c5ccccc5c5ccc6c7ccccc7n(-c7nc8ccccc8o7)c6c54)n3)c2)cc1. The molecule has 248 valence electrons. The molecule has 0 aliphatic heterocycles. The number of fused-ring (bicyclic) bond motifs is 8. The van der Waals surface area contributed by atoms with E-state index >= 15 is 0 Å². The van der Waals surface area contributed by atoms with Crippen molar-refractivity contribution in [2.24, 2.45) is 0 Å². The zero-order valence-electron chi connectivity index (χ0n) is 28.3. The van der Waals surface area contributed by atoms with Crippen LogP contribution in [0.25, 0.3) is 101 Å². The van der Waals surface area contributed by atoms with Gasteiger partial charge in [-0.2, -0.15) is 15.0 Å². The molecule has 0 saturated carbocycles. The summed E-state index contributed by atoms with van der Waals surface area (Å²) in [4.78, 5) is 20.6. The van der Waals surface area contributed by atoms with E-state index < -0.39 is 0 Å². The molecule has 0 saturated heterocycles. The Hall–Kier alpha value is -7.38. The van der Waals surface area contributed by atoms with Crippen LogP contribution in [-0.4, -0.2) is 29.1 Å². The Labute approximate surface area is 303 Å². The second-order valence-corrected chi connectivity index (χ2v) is 13.1. The molecule has 0 aliphatic carbocycles. The van der Waals surface area contributed by atoms with Crippen LogP contribution in [0.4, 0.5) is 0 Å². The normalized spacial score (nSPS) is 11.8. The van der Waals surface area contributed by atoms with E-state index in [-0.39, 0.29) is 0 Å². The second kappa shape index (κ2) is 11.6. The third-order valence-corrected chi connectivity index (χ3v) is 10.0. The van der Waals surface area contributed by atoms with Gasteiger partial charge < -0.3 is 4.42 Å². The van der Waals surface area contributed by atoms with E-state index in [1.54, 1.807) is 0 Å². The van der Waals surface area contributed by atoms with E-state index in [0.29, 0.717) is 23.6 Å². The molecule has 0 bridgehead atoms. The molecule has 11 rings (SSSR count). The minimum absolute atomic E-state index is 0.501.